The summed E-state index contributed by atoms with van der Waals surface area (Å²) in [5.74, 6) is -1.50. The molecular weight excluding hydrogens is 222 g/mol. The highest BCUT2D eigenvalue weighted by molar-refractivity contribution is 5.19. The fourth-order valence-electron chi connectivity index (χ4n) is 2.42. The zero-order chi connectivity index (χ0) is 12.3. The Morgan fingerprint density at radius 1 is 1.29 bits per heavy atom. The molecule has 0 aromatic heterocycles. The molecule has 0 spiro atoms. The van der Waals surface area contributed by atoms with Crippen LogP contribution in [0.15, 0.2) is 18.2 Å². The topological polar surface area (TPSA) is 29.3 Å². The number of nitrogens with zero attached hydrogens (tertiary/aromatic N) is 1. The molecule has 1 heterocycles. The lowest BCUT2D eigenvalue weighted by molar-refractivity contribution is 0.143. The molecule has 1 aromatic carbocycles. The number of rotatable bonds is 3. The third-order valence-electron chi connectivity index (χ3n) is 3.43. The first-order valence-electron chi connectivity index (χ1n) is 6.09. The van der Waals surface area contributed by atoms with Gasteiger partial charge >= 0.3 is 0 Å². The van der Waals surface area contributed by atoms with Crippen molar-refractivity contribution >= 4 is 0 Å². The van der Waals surface area contributed by atoms with Crippen molar-refractivity contribution in [3.8, 4) is 0 Å². The lowest BCUT2D eigenvalue weighted by Gasteiger charge is -2.35. The number of hydrogen-bond donors (Lipinski definition) is 1. The lowest BCUT2D eigenvalue weighted by atomic mass is 10.0. The summed E-state index contributed by atoms with van der Waals surface area (Å²) in [5, 5.41) is 0. The molecule has 0 bridgehead atoms. The minimum absolute atomic E-state index is 0.298. The SMILES string of the molecule is NCC1CCCCN1Cc1cccc(F)c1F. The van der Waals surface area contributed by atoms with Gasteiger partial charge in [-0.25, -0.2) is 8.78 Å². The molecule has 1 fully saturated rings. The highest BCUT2D eigenvalue weighted by atomic mass is 19.2. The van der Waals surface area contributed by atoms with Crippen molar-refractivity contribution in [1.82, 2.24) is 4.90 Å². The summed E-state index contributed by atoms with van der Waals surface area (Å²) in [6.07, 6.45) is 3.32. The van der Waals surface area contributed by atoms with E-state index in [1.807, 2.05) is 0 Å². The Bertz CT molecular complexity index is 382. The molecule has 17 heavy (non-hydrogen) atoms. The Balaban J connectivity index is 2.11. The summed E-state index contributed by atoms with van der Waals surface area (Å²) >= 11 is 0. The lowest BCUT2D eigenvalue weighted by Crippen LogP contribution is -2.43. The quantitative estimate of drug-likeness (QED) is 0.878. The molecule has 2 nitrogen and oxygen atoms in total. The van der Waals surface area contributed by atoms with Gasteiger partial charge in [0.2, 0.25) is 0 Å². The van der Waals surface area contributed by atoms with E-state index in [-0.39, 0.29) is 0 Å². The van der Waals surface area contributed by atoms with Crippen molar-refractivity contribution in [2.75, 3.05) is 13.1 Å². The van der Waals surface area contributed by atoms with Crippen molar-refractivity contribution in [1.29, 1.82) is 0 Å². The monoisotopic (exact) mass is 240 g/mol. The summed E-state index contributed by atoms with van der Waals surface area (Å²) in [4.78, 5) is 2.15. The average Bonchev–Trinajstić information content (AvgIpc) is 2.35. The van der Waals surface area contributed by atoms with Gasteiger partial charge in [0.25, 0.3) is 0 Å². The Morgan fingerprint density at radius 3 is 2.88 bits per heavy atom. The fraction of sp³-hybridized carbons (Fsp3) is 0.538. The molecule has 1 atom stereocenters. The molecule has 2 N–H and O–H groups in total. The minimum Gasteiger partial charge on any atom is -0.329 e. The predicted octanol–water partition coefficient (Wildman–Crippen LogP) is 2.28. The second kappa shape index (κ2) is 5.56. The van der Waals surface area contributed by atoms with Crippen molar-refractivity contribution in [2.45, 2.75) is 31.8 Å². The van der Waals surface area contributed by atoms with E-state index in [0.717, 1.165) is 25.5 Å². The fourth-order valence-corrected chi connectivity index (χ4v) is 2.42. The maximum atomic E-state index is 13.6. The number of likely N-dealkylation sites (tertiary alicyclic amines) is 1. The summed E-state index contributed by atoms with van der Waals surface area (Å²) in [6.45, 7) is 1.94. The van der Waals surface area contributed by atoms with Crippen LogP contribution in [0.5, 0.6) is 0 Å². The second-order valence-electron chi connectivity index (χ2n) is 4.57. The van der Waals surface area contributed by atoms with Gasteiger partial charge in [-0.2, -0.15) is 0 Å². The van der Waals surface area contributed by atoms with Gasteiger partial charge in [0.15, 0.2) is 11.6 Å². The average molecular weight is 240 g/mol. The zero-order valence-electron chi connectivity index (χ0n) is 9.83. The first kappa shape index (κ1) is 12.5. The van der Waals surface area contributed by atoms with E-state index in [9.17, 15) is 8.78 Å². The molecule has 0 aliphatic carbocycles. The van der Waals surface area contributed by atoms with Crippen LogP contribution in [-0.4, -0.2) is 24.0 Å². The number of benzene rings is 1. The van der Waals surface area contributed by atoms with Crippen molar-refractivity contribution in [3.05, 3.63) is 35.4 Å². The van der Waals surface area contributed by atoms with Crippen LogP contribution in [0.25, 0.3) is 0 Å². The highest BCUT2D eigenvalue weighted by Gasteiger charge is 2.22. The number of halogens is 2. The van der Waals surface area contributed by atoms with Crippen LogP contribution in [0, 0.1) is 11.6 Å². The first-order valence-corrected chi connectivity index (χ1v) is 6.09. The number of hydrogen-bond acceptors (Lipinski definition) is 2. The van der Waals surface area contributed by atoms with E-state index < -0.39 is 11.6 Å². The first-order chi connectivity index (χ1) is 8.22. The summed E-state index contributed by atoms with van der Waals surface area (Å²) < 4.78 is 26.6. The standard InChI is InChI=1S/C13H18F2N2/c14-12-6-3-4-10(13(12)15)9-17-7-2-1-5-11(17)8-16/h3-4,6,11H,1-2,5,7-9,16H2. The van der Waals surface area contributed by atoms with Gasteiger partial charge in [0.1, 0.15) is 0 Å². The highest BCUT2D eigenvalue weighted by Crippen LogP contribution is 2.21. The molecule has 94 valence electrons. The molecule has 1 saturated heterocycles. The third-order valence-corrected chi connectivity index (χ3v) is 3.43. The molecule has 0 saturated carbocycles. The Labute approximate surface area is 100 Å². The van der Waals surface area contributed by atoms with Gasteiger partial charge in [-0.1, -0.05) is 18.6 Å². The molecule has 1 aliphatic heterocycles. The molecule has 4 heteroatoms. The van der Waals surface area contributed by atoms with Crippen LogP contribution in [0.2, 0.25) is 0 Å². The zero-order valence-corrected chi connectivity index (χ0v) is 9.83. The molecular formula is C13H18F2N2. The number of piperidine rings is 1. The van der Waals surface area contributed by atoms with E-state index in [0.29, 0.717) is 24.7 Å². The van der Waals surface area contributed by atoms with E-state index in [2.05, 4.69) is 4.90 Å². The third kappa shape index (κ3) is 2.82. The summed E-state index contributed by atoms with van der Waals surface area (Å²) in [6, 6.07) is 4.64. The minimum atomic E-state index is -0.774. The smallest absolute Gasteiger partial charge is 0.163 e. The Kier molecular flexibility index (Phi) is 4.07. The van der Waals surface area contributed by atoms with Crippen molar-refractivity contribution < 1.29 is 8.78 Å². The van der Waals surface area contributed by atoms with Crippen LogP contribution in [-0.2, 0) is 6.54 Å². The van der Waals surface area contributed by atoms with Gasteiger partial charge in [-0.3, -0.25) is 4.90 Å². The van der Waals surface area contributed by atoms with E-state index in [1.54, 1.807) is 12.1 Å². The maximum absolute atomic E-state index is 13.6. The molecule has 2 rings (SSSR count). The largest absolute Gasteiger partial charge is 0.329 e. The molecule has 1 aromatic rings. The van der Waals surface area contributed by atoms with Crippen LogP contribution in [0.4, 0.5) is 8.78 Å². The maximum Gasteiger partial charge on any atom is 0.163 e. The molecule has 1 unspecified atom stereocenters. The summed E-state index contributed by atoms with van der Waals surface area (Å²) in [7, 11) is 0. The molecule has 0 radical (unpaired) electrons. The van der Waals surface area contributed by atoms with Gasteiger partial charge in [0, 0.05) is 24.7 Å². The van der Waals surface area contributed by atoms with E-state index in [1.165, 1.54) is 6.42 Å². The van der Waals surface area contributed by atoms with Gasteiger partial charge in [0.05, 0.1) is 0 Å². The second-order valence-corrected chi connectivity index (χ2v) is 4.57. The molecule has 1 aliphatic rings. The normalized spacial score (nSPS) is 21.7. The summed E-state index contributed by atoms with van der Waals surface area (Å²) in [5.41, 5.74) is 6.13. The predicted molar refractivity (Wildman–Crippen MR) is 63.5 cm³/mol. The Hall–Kier alpha value is -1.00. The van der Waals surface area contributed by atoms with E-state index >= 15 is 0 Å². The van der Waals surface area contributed by atoms with Gasteiger partial charge in [-0.05, 0) is 25.5 Å². The molecule has 0 amide bonds. The van der Waals surface area contributed by atoms with Crippen molar-refractivity contribution in [2.24, 2.45) is 5.73 Å². The van der Waals surface area contributed by atoms with E-state index in [4.69, 9.17) is 5.73 Å². The van der Waals surface area contributed by atoms with Crippen LogP contribution >= 0.6 is 0 Å². The number of nitrogens with two attached hydrogens (primary N) is 1. The van der Waals surface area contributed by atoms with Gasteiger partial charge in [-0.15, -0.1) is 0 Å². The van der Waals surface area contributed by atoms with Crippen LogP contribution in [0.3, 0.4) is 0 Å². The van der Waals surface area contributed by atoms with Crippen LogP contribution < -0.4 is 5.73 Å². The Morgan fingerprint density at radius 2 is 2.12 bits per heavy atom. The van der Waals surface area contributed by atoms with Crippen molar-refractivity contribution in [3.63, 3.8) is 0 Å². The van der Waals surface area contributed by atoms with Crippen LogP contribution in [0.1, 0.15) is 24.8 Å². The van der Waals surface area contributed by atoms with Gasteiger partial charge < -0.3 is 5.73 Å².